The fourth-order valence-corrected chi connectivity index (χ4v) is 2.06. The molecule has 0 saturated heterocycles. The summed E-state index contributed by atoms with van der Waals surface area (Å²) in [5.41, 5.74) is 2.78. The highest BCUT2D eigenvalue weighted by molar-refractivity contribution is 5.72. The smallest absolute Gasteiger partial charge is 0.126 e. The van der Waals surface area contributed by atoms with Gasteiger partial charge >= 0.3 is 0 Å². The van der Waals surface area contributed by atoms with Gasteiger partial charge in [-0.1, -0.05) is 97.1 Å². The maximum Gasteiger partial charge on any atom is 0.126 e. The number of hydrogen-bond donors (Lipinski definition) is 0. The van der Waals surface area contributed by atoms with Crippen LogP contribution in [-0.2, 0) is 11.2 Å². The van der Waals surface area contributed by atoms with E-state index in [-0.39, 0.29) is 5.78 Å². The number of aryl methyl sites for hydroxylation is 2. The number of hydrogen-bond acceptors (Lipinski definition) is 1. The van der Waals surface area contributed by atoms with E-state index in [9.17, 15) is 4.79 Å². The molecule has 0 saturated carbocycles. The van der Waals surface area contributed by atoms with Crippen LogP contribution in [0, 0.1) is 12.8 Å². The summed E-state index contributed by atoms with van der Waals surface area (Å²) in [4.78, 5) is 9.44. The summed E-state index contributed by atoms with van der Waals surface area (Å²) < 4.78 is 0. The summed E-state index contributed by atoms with van der Waals surface area (Å²) in [6.45, 7) is 18.2. The van der Waals surface area contributed by atoms with Crippen LogP contribution >= 0.6 is 0 Å². The van der Waals surface area contributed by atoms with Crippen molar-refractivity contribution in [3.8, 4) is 0 Å². The molecule has 23 heavy (non-hydrogen) atoms. The molecule has 1 aromatic carbocycles. The van der Waals surface area contributed by atoms with E-state index in [2.05, 4.69) is 58.9 Å². The largest absolute Gasteiger partial charge is 0.300 e. The van der Waals surface area contributed by atoms with Crippen LogP contribution in [0.4, 0.5) is 0 Å². The summed E-state index contributed by atoms with van der Waals surface area (Å²) in [6, 6.07) is 8.61. The highest BCUT2D eigenvalue weighted by atomic mass is 16.1. The van der Waals surface area contributed by atoms with Crippen molar-refractivity contribution in [3.63, 3.8) is 0 Å². The summed E-state index contributed by atoms with van der Waals surface area (Å²) in [5.74, 6) is 1.13. The second-order valence-electron chi connectivity index (χ2n) is 5.93. The van der Waals surface area contributed by atoms with Crippen LogP contribution in [0.2, 0.25) is 0 Å². The van der Waals surface area contributed by atoms with E-state index in [4.69, 9.17) is 0 Å². The van der Waals surface area contributed by atoms with Crippen molar-refractivity contribution < 1.29 is 4.79 Å². The Bertz CT molecular complexity index is 345. The number of carbonyl (C=O) groups is 1. The zero-order valence-electron chi connectivity index (χ0n) is 17.3. The van der Waals surface area contributed by atoms with E-state index in [1.54, 1.807) is 0 Å². The number of carbonyl (C=O) groups excluding carboxylic acids is 1. The van der Waals surface area contributed by atoms with Crippen molar-refractivity contribution in [2.75, 3.05) is 0 Å². The molecule has 1 rings (SSSR count). The number of ketones is 1. The Hall–Kier alpha value is -1.11. The van der Waals surface area contributed by atoms with Gasteiger partial charge < -0.3 is 4.79 Å². The van der Waals surface area contributed by atoms with Gasteiger partial charge in [-0.2, -0.15) is 0 Å². The lowest BCUT2D eigenvalue weighted by molar-refractivity contribution is -0.114. The molecule has 0 unspecified atom stereocenters. The van der Waals surface area contributed by atoms with Gasteiger partial charge in [0.2, 0.25) is 0 Å². The van der Waals surface area contributed by atoms with Crippen LogP contribution in [0.5, 0.6) is 0 Å². The molecule has 1 heteroatoms. The second kappa shape index (κ2) is 20.9. The lowest BCUT2D eigenvalue weighted by atomic mass is 10.0. The van der Waals surface area contributed by atoms with Crippen LogP contribution in [0.3, 0.4) is 0 Å². The van der Waals surface area contributed by atoms with Crippen molar-refractivity contribution in [2.45, 2.75) is 94.4 Å². The average Bonchev–Trinajstić information content (AvgIpc) is 2.50. The van der Waals surface area contributed by atoms with E-state index in [1.165, 1.54) is 50.7 Å². The molecule has 0 radical (unpaired) electrons. The molecule has 0 amide bonds. The zero-order chi connectivity index (χ0) is 18.7. The number of rotatable bonds is 5. The Morgan fingerprint density at radius 1 is 1.00 bits per heavy atom. The minimum atomic E-state index is 0.167. The molecular weight excluding hydrogens is 280 g/mol. The molecule has 0 aliphatic heterocycles. The first kappa shape index (κ1) is 26.8. The predicted octanol–water partition coefficient (Wildman–Crippen LogP) is 7.40. The Morgan fingerprint density at radius 2 is 1.43 bits per heavy atom. The van der Waals surface area contributed by atoms with E-state index in [0.717, 1.165) is 12.3 Å². The molecule has 0 fully saturated rings. The first-order valence-electron chi connectivity index (χ1n) is 9.39. The maximum absolute atomic E-state index is 9.44. The third-order valence-corrected chi connectivity index (χ3v) is 3.05. The van der Waals surface area contributed by atoms with E-state index < -0.39 is 0 Å². The van der Waals surface area contributed by atoms with Crippen molar-refractivity contribution in [1.82, 2.24) is 0 Å². The van der Waals surface area contributed by atoms with Crippen molar-refractivity contribution >= 4 is 5.78 Å². The van der Waals surface area contributed by atoms with E-state index in [0.29, 0.717) is 0 Å². The zero-order valence-corrected chi connectivity index (χ0v) is 17.3. The Kier molecular flexibility index (Phi) is 24.3. The van der Waals surface area contributed by atoms with Gasteiger partial charge in [-0.25, -0.2) is 0 Å². The highest BCUT2D eigenvalue weighted by Gasteiger charge is 1.95. The first-order valence-corrected chi connectivity index (χ1v) is 9.39. The van der Waals surface area contributed by atoms with Gasteiger partial charge in [0.1, 0.15) is 5.78 Å². The quantitative estimate of drug-likeness (QED) is 0.552. The summed E-state index contributed by atoms with van der Waals surface area (Å²) >= 11 is 0. The standard InChI is InChI=1S/C9H12.C8H18.C3H6O.C2H6/c1-3-9-6-4-5-8(2)7-9;1-4-6-8(3)7-5-2;1-3(2)4;1-2/h4-7H,3H2,1-2H3;8H,4-7H2,1-3H3;1-2H3;1-2H3. The minimum absolute atomic E-state index is 0.167. The van der Waals surface area contributed by atoms with Crippen LogP contribution in [0.1, 0.15) is 92.2 Å². The van der Waals surface area contributed by atoms with Crippen molar-refractivity contribution in [3.05, 3.63) is 35.4 Å². The van der Waals surface area contributed by atoms with E-state index in [1.807, 2.05) is 13.8 Å². The van der Waals surface area contributed by atoms with Gasteiger partial charge in [0.25, 0.3) is 0 Å². The number of Topliss-reactive ketones (excluding diaryl/α,β-unsaturated/α-hetero) is 1. The Balaban J connectivity index is -0.000000263. The van der Waals surface area contributed by atoms with Crippen LogP contribution in [-0.4, -0.2) is 5.78 Å². The fraction of sp³-hybridized carbons (Fsp3) is 0.682. The molecule has 0 aliphatic carbocycles. The molecule has 0 spiro atoms. The molecule has 0 aromatic heterocycles. The van der Waals surface area contributed by atoms with Gasteiger partial charge in [0.05, 0.1) is 0 Å². The van der Waals surface area contributed by atoms with Crippen molar-refractivity contribution in [2.24, 2.45) is 5.92 Å². The lowest BCUT2D eigenvalue weighted by Gasteiger charge is -2.05. The topological polar surface area (TPSA) is 17.1 Å². The Labute approximate surface area is 146 Å². The first-order chi connectivity index (χ1) is 10.9. The second-order valence-corrected chi connectivity index (χ2v) is 5.93. The van der Waals surface area contributed by atoms with Gasteiger partial charge in [0, 0.05) is 0 Å². The Morgan fingerprint density at radius 3 is 1.70 bits per heavy atom. The SMILES string of the molecule is CC.CC(C)=O.CCCC(C)CCC.CCc1cccc(C)c1. The summed E-state index contributed by atoms with van der Waals surface area (Å²) in [6.07, 6.45) is 6.66. The van der Waals surface area contributed by atoms with Gasteiger partial charge in [0.15, 0.2) is 0 Å². The summed E-state index contributed by atoms with van der Waals surface area (Å²) in [7, 11) is 0. The molecule has 0 aliphatic rings. The van der Waals surface area contributed by atoms with Crippen molar-refractivity contribution in [1.29, 1.82) is 0 Å². The lowest BCUT2D eigenvalue weighted by Crippen LogP contribution is -1.91. The molecular formula is C22H42O. The average molecular weight is 323 g/mol. The van der Waals surface area contributed by atoms with Crippen LogP contribution in [0.25, 0.3) is 0 Å². The minimum Gasteiger partial charge on any atom is -0.300 e. The highest BCUT2D eigenvalue weighted by Crippen LogP contribution is 2.10. The molecule has 136 valence electrons. The molecule has 0 atom stereocenters. The summed E-state index contributed by atoms with van der Waals surface area (Å²) in [5, 5.41) is 0. The predicted molar refractivity (Wildman–Crippen MR) is 107 cm³/mol. The number of benzene rings is 1. The molecule has 1 nitrogen and oxygen atoms in total. The third kappa shape index (κ3) is 26.1. The normalized spacial score (nSPS) is 8.78. The monoisotopic (exact) mass is 322 g/mol. The van der Waals surface area contributed by atoms with E-state index >= 15 is 0 Å². The van der Waals surface area contributed by atoms with Crippen LogP contribution in [0.15, 0.2) is 24.3 Å². The molecule has 0 N–H and O–H groups in total. The maximum atomic E-state index is 9.44. The fourth-order valence-electron chi connectivity index (χ4n) is 2.06. The van der Waals surface area contributed by atoms with Gasteiger partial charge in [-0.3, -0.25) is 0 Å². The molecule has 0 bridgehead atoms. The molecule has 0 heterocycles. The van der Waals surface area contributed by atoms with Gasteiger partial charge in [-0.15, -0.1) is 0 Å². The van der Waals surface area contributed by atoms with Crippen LogP contribution < -0.4 is 0 Å². The third-order valence-electron chi connectivity index (χ3n) is 3.05. The molecule has 1 aromatic rings. The van der Waals surface area contributed by atoms with Gasteiger partial charge in [-0.05, 0) is 38.7 Å².